The second-order valence-electron chi connectivity index (χ2n) is 5.39. The highest BCUT2D eigenvalue weighted by atomic mass is 35.5. The van der Waals surface area contributed by atoms with E-state index in [4.69, 9.17) is 21.1 Å². The summed E-state index contributed by atoms with van der Waals surface area (Å²) >= 11 is 5.78. The molecule has 0 amide bonds. The molecular weight excluding hydrogens is 264 g/mol. The lowest BCUT2D eigenvalue weighted by Crippen LogP contribution is -2.47. The number of pyridine rings is 1. The summed E-state index contributed by atoms with van der Waals surface area (Å²) < 4.78 is 11.4. The van der Waals surface area contributed by atoms with Crippen molar-refractivity contribution in [3.63, 3.8) is 0 Å². The predicted octanol–water partition coefficient (Wildman–Crippen LogP) is 2.16. The van der Waals surface area contributed by atoms with Gasteiger partial charge in [0.2, 0.25) is 0 Å². The number of halogens is 1. The van der Waals surface area contributed by atoms with E-state index < -0.39 is 0 Å². The van der Waals surface area contributed by atoms with Gasteiger partial charge in [-0.3, -0.25) is 0 Å². The lowest BCUT2D eigenvalue weighted by atomic mass is 9.89. The van der Waals surface area contributed by atoms with Crippen LogP contribution in [0.2, 0.25) is 5.15 Å². The number of hydrogen-bond acceptors (Lipinski definition) is 4. The molecule has 0 unspecified atom stereocenters. The molecule has 2 aliphatic heterocycles. The number of nitrogens with zero attached hydrogens (tertiary/aromatic N) is 1. The Balaban J connectivity index is 1.53. The van der Waals surface area contributed by atoms with Crippen molar-refractivity contribution < 1.29 is 9.47 Å². The molecule has 0 aliphatic carbocycles. The molecule has 2 saturated heterocycles. The summed E-state index contributed by atoms with van der Waals surface area (Å²) in [5.41, 5.74) is 1.13. The van der Waals surface area contributed by atoms with E-state index in [1.54, 1.807) is 0 Å². The van der Waals surface area contributed by atoms with E-state index in [9.17, 15) is 0 Å². The van der Waals surface area contributed by atoms with Crippen molar-refractivity contribution in [2.75, 3.05) is 19.8 Å². The maximum Gasteiger partial charge on any atom is 0.129 e. The van der Waals surface area contributed by atoms with Crippen LogP contribution in [0.25, 0.3) is 0 Å². The minimum Gasteiger partial charge on any atom is -0.378 e. The first kappa shape index (κ1) is 13.3. The van der Waals surface area contributed by atoms with Gasteiger partial charge in [0.05, 0.1) is 12.2 Å². The van der Waals surface area contributed by atoms with Crippen molar-refractivity contribution >= 4 is 11.6 Å². The normalized spacial score (nSPS) is 30.9. The Kier molecular flexibility index (Phi) is 4.03. The molecule has 4 nitrogen and oxygen atoms in total. The molecule has 3 heterocycles. The highest BCUT2D eigenvalue weighted by molar-refractivity contribution is 6.29. The fraction of sp³-hybridized carbons (Fsp3) is 0.643. The van der Waals surface area contributed by atoms with Crippen LogP contribution in [-0.2, 0) is 16.0 Å². The van der Waals surface area contributed by atoms with Gasteiger partial charge in [-0.15, -0.1) is 0 Å². The SMILES string of the molecule is Clc1ccc(CN[C@H]2CCO[C@]3(CCOC3)C2)cn1. The van der Waals surface area contributed by atoms with Crippen molar-refractivity contribution in [1.82, 2.24) is 10.3 Å². The van der Waals surface area contributed by atoms with Gasteiger partial charge in [0.15, 0.2) is 0 Å². The third kappa shape index (κ3) is 3.26. The first-order valence-electron chi connectivity index (χ1n) is 6.81. The van der Waals surface area contributed by atoms with E-state index in [0.717, 1.165) is 51.2 Å². The minimum absolute atomic E-state index is 0.0336. The van der Waals surface area contributed by atoms with Crippen LogP contribution >= 0.6 is 11.6 Å². The maximum absolute atomic E-state index is 5.93. The smallest absolute Gasteiger partial charge is 0.129 e. The van der Waals surface area contributed by atoms with E-state index in [-0.39, 0.29) is 5.60 Å². The van der Waals surface area contributed by atoms with E-state index in [1.165, 1.54) is 0 Å². The Bertz CT molecular complexity index is 418. The van der Waals surface area contributed by atoms with Crippen LogP contribution in [0.3, 0.4) is 0 Å². The van der Waals surface area contributed by atoms with Crippen LogP contribution in [0, 0.1) is 0 Å². The van der Waals surface area contributed by atoms with Gasteiger partial charge in [0.25, 0.3) is 0 Å². The minimum atomic E-state index is -0.0336. The molecule has 1 aromatic rings. The zero-order chi connectivity index (χ0) is 13.1. The molecule has 2 atom stereocenters. The number of nitrogens with one attached hydrogen (secondary N) is 1. The molecule has 0 bridgehead atoms. The number of ether oxygens (including phenoxy) is 2. The molecule has 0 saturated carbocycles. The molecule has 2 fully saturated rings. The Morgan fingerprint density at radius 2 is 2.37 bits per heavy atom. The predicted molar refractivity (Wildman–Crippen MR) is 73.2 cm³/mol. The number of aromatic nitrogens is 1. The fourth-order valence-corrected chi connectivity index (χ4v) is 2.95. The molecule has 0 radical (unpaired) electrons. The molecule has 0 aromatic carbocycles. The van der Waals surface area contributed by atoms with E-state index >= 15 is 0 Å². The highest BCUT2D eigenvalue weighted by Crippen LogP contribution is 2.32. The zero-order valence-corrected chi connectivity index (χ0v) is 11.7. The average Bonchev–Trinajstić information content (AvgIpc) is 2.86. The Morgan fingerprint density at radius 1 is 1.42 bits per heavy atom. The lowest BCUT2D eigenvalue weighted by molar-refractivity contribution is -0.0894. The summed E-state index contributed by atoms with van der Waals surface area (Å²) in [5.74, 6) is 0. The van der Waals surface area contributed by atoms with Crippen molar-refractivity contribution in [1.29, 1.82) is 0 Å². The molecule has 1 spiro atoms. The Morgan fingerprint density at radius 3 is 3.11 bits per heavy atom. The van der Waals surface area contributed by atoms with E-state index in [0.29, 0.717) is 11.2 Å². The van der Waals surface area contributed by atoms with Gasteiger partial charge in [0.1, 0.15) is 5.15 Å². The molecule has 3 rings (SSSR count). The quantitative estimate of drug-likeness (QED) is 0.863. The lowest BCUT2D eigenvalue weighted by Gasteiger charge is -2.37. The van der Waals surface area contributed by atoms with Gasteiger partial charge in [-0.1, -0.05) is 17.7 Å². The van der Waals surface area contributed by atoms with Gasteiger partial charge in [-0.05, 0) is 24.5 Å². The van der Waals surface area contributed by atoms with Gasteiger partial charge >= 0.3 is 0 Å². The Labute approximate surface area is 118 Å². The monoisotopic (exact) mass is 282 g/mol. The first-order chi connectivity index (χ1) is 9.26. The number of hydrogen-bond donors (Lipinski definition) is 1. The summed E-state index contributed by atoms with van der Waals surface area (Å²) in [6.45, 7) is 3.22. The van der Waals surface area contributed by atoms with Crippen LogP contribution in [-0.4, -0.2) is 36.4 Å². The van der Waals surface area contributed by atoms with Gasteiger partial charge in [0, 0.05) is 38.4 Å². The second-order valence-corrected chi connectivity index (χ2v) is 5.78. The van der Waals surface area contributed by atoms with Gasteiger partial charge in [-0.25, -0.2) is 4.98 Å². The molecule has 104 valence electrons. The van der Waals surface area contributed by atoms with Crippen LogP contribution in [0.5, 0.6) is 0 Å². The summed E-state index contributed by atoms with van der Waals surface area (Å²) in [6.07, 6.45) is 4.94. The topological polar surface area (TPSA) is 43.4 Å². The van der Waals surface area contributed by atoms with E-state index in [1.807, 2.05) is 18.3 Å². The van der Waals surface area contributed by atoms with Crippen LogP contribution in [0.15, 0.2) is 18.3 Å². The fourth-order valence-electron chi connectivity index (χ4n) is 2.84. The molecule has 2 aliphatic rings. The van der Waals surface area contributed by atoms with Crippen LogP contribution in [0.1, 0.15) is 24.8 Å². The van der Waals surface area contributed by atoms with Crippen LogP contribution < -0.4 is 5.32 Å². The van der Waals surface area contributed by atoms with Gasteiger partial charge < -0.3 is 14.8 Å². The second kappa shape index (κ2) is 5.75. The molecule has 1 N–H and O–H groups in total. The summed E-state index contributed by atoms with van der Waals surface area (Å²) in [5, 5.41) is 4.13. The summed E-state index contributed by atoms with van der Waals surface area (Å²) in [6, 6.07) is 4.33. The van der Waals surface area contributed by atoms with Gasteiger partial charge in [-0.2, -0.15) is 0 Å². The molecule has 1 aromatic heterocycles. The first-order valence-corrected chi connectivity index (χ1v) is 7.19. The van der Waals surface area contributed by atoms with Crippen molar-refractivity contribution in [3.8, 4) is 0 Å². The largest absolute Gasteiger partial charge is 0.378 e. The van der Waals surface area contributed by atoms with Crippen molar-refractivity contribution in [3.05, 3.63) is 29.0 Å². The molecule has 19 heavy (non-hydrogen) atoms. The average molecular weight is 283 g/mol. The maximum atomic E-state index is 5.93. The van der Waals surface area contributed by atoms with Crippen molar-refractivity contribution in [2.24, 2.45) is 0 Å². The van der Waals surface area contributed by atoms with E-state index in [2.05, 4.69) is 10.3 Å². The Hall–Kier alpha value is -0.680. The highest BCUT2D eigenvalue weighted by Gasteiger charge is 2.40. The molecular formula is C14H19ClN2O2. The summed E-state index contributed by atoms with van der Waals surface area (Å²) in [7, 11) is 0. The summed E-state index contributed by atoms with van der Waals surface area (Å²) in [4.78, 5) is 4.09. The van der Waals surface area contributed by atoms with Crippen LogP contribution in [0.4, 0.5) is 0 Å². The third-order valence-electron chi connectivity index (χ3n) is 3.94. The third-order valence-corrected chi connectivity index (χ3v) is 4.17. The molecule has 5 heteroatoms. The standard InChI is InChI=1S/C14H19ClN2O2/c15-13-2-1-11(9-17-13)8-16-12-3-5-19-14(7-12)4-6-18-10-14/h1-2,9,12,16H,3-8,10H2/t12-,14+/m0/s1. The number of rotatable bonds is 3. The zero-order valence-electron chi connectivity index (χ0n) is 10.9. The van der Waals surface area contributed by atoms with Crippen molar-refractivity contribution in [2.45, 2.75) is 37.5 Å².